The van der Waals surface area contributed by atoms with E-state index in [-0.39, 0.29) is 0 Å². The molecule has 0 unspecified atom stereocenters. The van der Waals surface area contributed by atoms with E-state index < -0.39 is 11.6 Å². The third kappa shape index (κ3) is 4.50. The van der Waals surface area contributed by atoms with Gasteiger partial charge in [0, 0.05) is 11.5 Å². The standard InChI is InChI=1S/C15H18O3/c1-11-10-13(17-5)8-6-12(11)7-9-14(16)18-15(2,3)4/h6,8,10H,1-5H3. The van der Waals surface area contributed by atoms with Gasteiger partial charge in [-0.2, -0.15) is 0 Å². The number of carbonyl (C=O) groups is 1. The maximum absolute atomic E-state index is 11.4. The second-order valence-electron chi connectivity index (χ2n) is 4.93. The number of benzene rings is 1. The molecule has 96 valence electrons. The first-order chi connectivity index (χ1) is 8.31. The molecule has 0 aliphatic heterocycles. The highest BCUT2D eigenvalue weighted by Crippen LogP contribution is 2.15. The molecular formula is C15H18O3. The third-order valence-electron chi connectivity index (χ3n) is 2.13. The van der Waals surface area contributed by atoms with Crippen molar-refractivity contribution in [1.29, 1.82) is 0 Å². The van der Waals surface area contributed by atoms with Crippen molar-refractivity contribution >= 4 is 5.97 Å². The van der Waals surface area contributed by atoms with Crippen molar-refractivity contribution in [3.63, 3.8) is 0 Å². The highest BCUT2D eigenvalue weighted by molar-refractivity contribution is 5.89. The summed E-state index contributed by atoms with van der Waals surface area (Å²) in [5.41, 5.74) is 1.24. The Morgan fingerprint density at radius 3 is 2.44 bits per heavy atom. The number of esters is 1. The van der Waals surface area contributed by atoms with Crippen LogP contribution in [0.4, 0.5) is 0 Å². The van der Waals surface area contributed by atoms with Crippen LogP contribution in [0.2, 0.25) is 0 Å². The molecule has 0 N–H and O–H groups in total. The quantitative estimate of drug-likeness (QED) is 0.564. The molecule has 0 heterocycles. The molecule has 1 aromatic rings. The van der Waals surface area contributed by atoms with Crippen molar-refractivity contribution in [3.8, 4) is 17.6 Å². The highest BCUT2D eigenvalue weighted by atomic mass is 16.6. The lowest BCUT2D eigenvalue weighted by Crippen LogP contribution is -2.22. The zero-order valence-corrected chi connectivity index (χ0v) is 11.5. The predicted octanol–water partition coefficient (Wildman–Crippen LogP) is 2.70. The van der Waals surface area contributed by atoms with Crippen molar-refractivity contribution in [2.45, 2.75) is 33.3 Å². The Kier molecular flexibility index (Phi) is 4.38. The fraction of sp³-hybridized carbons (Fsp3) is 0.400. The van der Waals surface area contributed by atoms with Crippen molar-refractivity contribution < 1.29 is 14.3 Å². The summed E-state index contributed by atoms with van der Waals surface area (Å²) < 4.78 is 10.2. The molecule has 3 nitrogen and oxygen atoms in total. The lowest BCUT2D eigenvalue weighted by atomic mass is 10.1. The monoisotopic (exact) mass is 246 g/mol. The highest BCUT2D eigenvalue weighted by Gasteiger charge is 2.14. The number of rotatable bonds is 1. The number of aryl methyl sites for hydroxylation is 1. The van der Waals surface area contributed by atoms with Gasteiger partial charge in [-0.1, -0.05) is 5.92 Å². The number of hydrogen-bond acceptors (Lipinski definition) is 3. The molecule has 0 aliphatic carbocycles. The van der Waals surface area contributed by atoms with Gasteiger partial charge in [0.05, 0.1) is 7.11 Å². The summed E-state index contributed by atoms with van der Waals surface area (Å²) in [4.78, 5) is 11.4. The Balaban J connectivity index is 2.83. The average molecular weight is 246 g/mol. The fourth-order valence-electron chi connectivity index (χ4n) is 1.33. The van der Waals surface area contributed by atoms with Crippen molar-refractivity contribution in [2.75, 3.05) is 7.11 Å². The molecule has 0 saturated carbocycles. The number of methoxy groups -OCH3 is 1. The molecule has 0 bridgehead atoms. The minimum atomic E-state index is -0.516. The minimum Gasteiger partial charge on any atom is -0.497 e. The van der Waals surface area contributed by atoms with Crippen LogP contribution in [0.1, 0.15) is 31.9 Å². The van der Waals surface area contributed by atoms with Gasteiger partial charge >= 0.3 is 5.97 Å². The molecular weight excluding hydrogens is 228 g/mol. The lowest BCUT2D eigenvalue weighted by molar-refractivity contribution is -0.147. The summed E-state index contributed by atoms with van der Waals surface area (Å²) in [6, 6.07) is 5.51. The summed E-state index contributed by atoms with van der Waals surface area (Å²) in [7, 11) is 1.61. The van der Waals surface area contributed by atoms with Gasteiger partial charge in [0.2, 0.25) is 0 Å². The van der Waals surface area contributed by atoms with E-state index in [0.29, 0.717) is 0 Å². The molecule has 0 spiro atoms. The minimum absolute atomic E-state index is 0.513. The molecule has 0 fully saturated rings. The smallest absolute Gasteiger partial charge is 0.385 e. The van der Waals surface area contributed by atoms with Crippen molar-refractivity contribution in [2.24, 2.45) is 0 Å². The zero-order chi connectivity index (χ0) is 13.8. The van der Waals surface area contributed by atoms with Gasteiger partial charge < -0.3 is 9.47 Å². The van der Waals surface area contributed by atoms with E-state index >= 15 is 0 Å². The zero-order valence-electron chi connectivity index (χ0n) is 11.5. The van der Waals surface area contributed by atoms with Gasteiger partial charge in [-0.25, -0.2) is 4.79 Å². The fourth-order valence-corrected chi connectivity index (χ4v) is 1.33. The lowest BCUT2D eigenvalue weighted by Gasteiger charge is -2.16. The van der Waals surface area contributed by atoms with E-state index in [1.165, 1.54) is 0 Å². The Morgan fingerprint density at radius 1 is 1.28 bits per heavy atom. The van der Waals surface area contributed by atoms with Crippen molar-refractivity contribution in [3.05, 3.63) is 29.3 Å². The first-order valence-corrected chi connectivity index (χ1v) is 5.71. The van der Waals surface area contributed by atoms with Crippen LogP contribution < -0.4 is 4.74 Å². The normalized spacial score (nSPS) is 10.3. The first-order valence-electron chi connectivity index (χ1n) is 5.71. The molecule has 0 amide bonds. The average Bonchev–Trinajstić information content (AvgIpc) is 2.25. The maximum atomic E-state index is 11.4. The maximum Gasteiger partial charge on any atom is 0.385 e. The largest absolute Gasteiger partial charge is 0.497 e. The van der Waals surface area contributed by atoms with Gasteiger partial charge in [-0.15, -0.1) is 0 Å². The SMILES string of the molecule is COc1ccc(C#CC(=O)OC(C)(C)C)c(C)c1. The van der Waals surface area contributed by atoms with Gasteiger partial charge in [-0.05, 0) is 51.5 Å². The third-order valence-corrected chi connectivity index (χ3v) is 2.13. The predicted molar refractivity (Wildman–Crippen MR) is 70.5 cm³/mol. The Morgan fingerprint density at radius 2 is 1.94 bits per heavy atom. The van der Waals surface area contributed by atoms with Crippen LogP contribution in [-0.4, -0.2) is 18.7 Å². The summed E-state index contributed by atoms with van der Waals surface area (Å²) in [5.74, 6) is 5.55. The van der Waals surface area contributed by atoms with Crippen LogP contribution in [0.15, 0.2) is 18.2 Å². The van der Waals surface area contributed by atoms with Gasteiger partial charge in [0.1, 0.15) is 11.4 Å². The van der Waals surface area contributed by atoms with E-state index in [1.807, 2.05) is 45.9 Å². The van der Waals surface area contributed by atoms with Crippen molar-refractivity contribution in [1.82, 2.24) is 0 Å². The van der Waals surface area contributed by atoms with E-state index in [0.717, 1.165) is 16.9 Å². The molecule has 0 aliphatic rings. The Labute approximate surface area is 108 Å². The molecule has 0 radical (unpaired) electrons. The first kappa shape index (κ1) is 14.1. The molecule has 1 aromatic carbocycles. The molecule has 3 heteroatoms. The van der Waals surface area contributed by atoms with Crippen LogP contribution >= 0.6 is 0 Å². The second kappa shape index (κ2) is 5.59. The van der Waals surface area contributed by atoms with Crippen LogP contribution in [0.5, 0.6) is 5.75 Å². The van der Waals surface area contributed by atoms with Crippen LogP contribution in [0.25, 0.3) is 0 Å². The Bertz CT molecular complexity index is 499. The van der Waals surface area contributed by atoms with Crippen LogP contribution in [-0.2, 0) is 9.53 Å². The summed E-state index contributed by atoms with van der Waals surface area (Å²) in [5, 5.41) is 0. The van der Waals surface area contributed by atoms with E-state index in [2.05, 4.69) is 11.8 Å². The van der Waals surface area contributed by atoms with E-state index in [4.69, 9.17) is 9.47 Å². The summed E-state index contributed by atoms with van der Waals surface area (Å²) in [6.45, 7) is 7.35. The number of ether oxygens (including phenoxy) is 2. The summed E-state index contributed by atoms with van der Waals surface area (Å²) >= 11 is 0. The molecule has 1 rings (SSSR count). The summed E-state index contributed by atoms with van der Waals surface area (Å²) in [6.07, 6.45) is 0. The molecule has 0 saturated heterocycles. The molecule has 0 aromatic heterocycles. The van der Waals surface area contributed by atoms with Gasteiger partial charge in [0.15, 0.2) is 0 Å². The Hall–Kier alpha value is -1.95. The van der Waals surface area contributed by atoms with Gasteiger partial charge in [-0.3, -0.25) is 0 Å². The van der Waals surface area contributed by atoms with Crippen LogP contribution in [0.3, 0.4) is 0 Å². The number of carbonyl (C=O) groups excluding carboxylic acids is 1. The van der Waals surface area contributed by atoms with E-state index in [9.17, 15) is 4.79 Å². The van der Waals surface area contributed by atoms with Crippen LogP contribution in [0, 0.1) is 18.8 Å². The van der Waals surface area contributed by atoms with Gasteiger partial charge in [0.25, 0.3) is 0 Å². The molecule has 0 atom stereocenters. The molecule has 18 heavy (non-hydrogen) atoms. The van der Waals surface area contributed by atoms with E-state index in [1.54, 1.807) is 7.11 Å². The topological polar surface area (TPSA) is 35.5 Å². The second-order valence-corrected chi connectivity index (χ2v) is 4.93. The number of hydrogen-bond donors (Lipinski definition) is 0.